The molecule has 3 rings (SSSR count). The summed E-state index contributed by atoms with van der Waals surface area (Å²) in [5.74, 6) is 3.15. The van der Waals surface area contributed by atoms with Gasteiger partial charge in [-0.3, -0.25) is 0 Å². The van der Waals surface area contributed by atoms with Crippen LogP contribution in [0.4, 0.5) is 5.82 Å². The number of ether oxygens (including phenoxy) is 1. The first-order valence-electron chi connectivity index (χ1n) is 7.58. The smallest absolute Gasteiger partial charge is 0.160 e. The maximum atomic E-state index is 5.66. The van der Waals surface area contributed by atoms with Gasteiger partial charge in [-0.15, -0.1) is 0 Å². The van der Waals surface area contributed by atoms with Gasteiger partial charge in [0.05, 0.1) is 9.26 Å². The van der Waals surface area contributed by atoms with Crippen LogP contribution in [0.2, 0.25) is 0 Å². The van der Waals surface area contributed by atoms with Gasteiger partial charge in [-0.05, 0) is 60.6 Å². The maximum Gasteiger partial charge on any atom is 0.160 e. The van der Waals surface area contributed by atoms with Crippen LogP contribution in [0.3, 0.4) is 0 Å². The van der Waals surface area contributed by atoms with Gasteiger partial charge in [-0.25, -0.2) is 9.97 Å². The lowest BCUT2D eigenvalue weighted by atomic mass is 10.2. The van der Waals surface area contributed by atoms with Crippen molar-refractivity contribution in [2.75, 3.05) is 19.0 Å². The van der Waals surface area contributed by atoms with Crippen LogP contribution in [0, 0.1) is 9.49 Å². The summed E-state index contributed by atoms with van der Waals surface area (Å²) in [7, 11) is 1.78. The van der Waals surface area contributed by atoms with E-state index in [-0.39, 0.29) is 6.10 Å². The fraction of sp³-hybridized carbons (Fsp3) is 0.733. The molecule has 0 aromatic carbocycles. The van der Waals surface area contributed by atoms with E-state index in [9.17, 15) is 0 Å². The van der Waals surface area contributed by atoms with Gasteiger partial charge in [0.1, 0.15) is 11.9 Å². The largest absolute Gasteiger partial charge is 0.373 e. The minimum Gasteiger partial charge on any atom is -0.373 e. The van der Waals surface area contributed by atoms with Crippen LogP contribution in [0.15, 0.2) is 0 Å². The summed E-state index contributed by atoms with van der Waals surface area (Å²) in [5.41, 5.74) is 1.23. The standard InChI is InChI=1S/C15H22IN3O/c1-3-8-17-14-11(16)12(9-4-5-9)18-15(19-14)13(20-2)10-6-7-10/h9-10,13H,3-8H2,1-2H3,(H,17,18,19). The highest BCUT2D eigenvalue weighted by Crippen LogP contribution is 2.45. The average molecular weight is 387 g/mol. The molecule has 1 unspecified atom stereocenters. The van der Waals surface area contributed by atoms with Crippen molar-refractivity contribution in [1.29, 1.82) is 0 Å². The van der Waals surface area contributed by atoms with Gasteiger partial charge >= 0.3 is 0 Å². The Bertz CT molecular complexity index is 486. The Hall–Kier alpha value is -0.430. The molecule has 1 aromatic rings. The van der Waals surface area contributed by atoms with Crippen molar-refractivity contribution in [2.45, 2.75) is 51.0 Å². The van der Waals surface area contributed by atoms with Crippen LogP contribution in [0.5, 0.6) is 0 Å². The van der Waals surface area contributed by atoms with Crippen molar-refractivity contribution in [3.8, 4) is 0 Å². The summed E-state index contributed by atoms with van der Waals surface area (Å²) in [4.78, 5) is 9.61. The van der Waals surface area contributed by atoms with Gasteiger partial charge in [0.2, 0.25) is 0 Å². The van der Waals surface area contributed by atoms with E-state index < -0.39 is 0 Å². The van der Waals surface area contributed by atoms with Crippen molar-refractivity contribution in [3.63, 3.8) is 0 Å². The van der Waals surface area contributed by atoms with E-state index in [1.54, 1.807) is 7.11 Å². The van der Waals surface area contributed by atoms with Crippen molar-refractivity contribution < 1.29 is 4.74 Å². The zero-order valence-electron chi connectivity index (χ0n) is 12.2. The van der Waals surface area contributed by atoms with Crippen molar-refractivity contribution in [2.24, 2.45) is 5.92 Å². The van der Waals surface area contributed by atoms with E-state index in [0.29, 0.717) is 11.8 Å². The molecule has 4 nitrogen and oxygen atoms in total. The molecule has 5 heteroatoms. The number of nitrogens with zero attached hydrogens (tertiary/aromatic N) is 2. The molecule has 20 heavy (non-hydrogen) atoms. The normalized spacial score (nSPS) is 19.9. The minimum atomic E-state index is 0.0756. The maximum absolute atomic E-state index is 5.66. The summed E-state index contributed by atoms with van der Waals surface area (Å²) < 4.78 is 6.86. The first-order chi connectivity index (χ1) is 9.74. The van der Waals surface area contributed by atoms with Crippen LogP contribution in [0.1, 0.15) is 62.6 Å². The number of hydrogen-bond acceptors (Lipinski definition) is 4. The van der Waals surface area contributed by atoms with E-state index in [1.165, 1.54) is 34.9 Å². The highest BCUT2D eigenvalue weighted by molar-refractivity contribution is 14.1. The number of methoxy groups -OCH3 is 1. The highest BCUT2D eigenvalue weighted by atomic mass is 127. The number of hydrogen-bond donors (Lipinski definition) is 1. The first kappa shape index (κ1) is 14.5. The van der Waals surface area contributed by atoms with Gasteiger partial charge in [0.15, 0.2) is 5.82 Å². The molecular formula is C15H22IN3O. The van der Waals surface area contributed by atoms with Crippen LogP contribution in [-0.4, -0.2) is 23.6 Å². The first-order valence-corrected chi connectivity index (χ1v) is 8.66. The van der Waals surface area contributed by atoms with E-state index in [0.717, 1.165) is 24.6 Å². The van der Waals surface area contributed by atoms with Crippen molar-refractivity contribution >= 4 is 28.4 Å². The molecule has 2 saturated carbocycles. The Balaban J connectivity index is 1.93. The second kappa shape index (κ2) is 6.13. The summed E-state index contributed by atoms with van der Waals surface area (Å²) in [6.07, 6.45) is 6.19. The number of halogens is 1. The third kappa shape index (κ3) is 3.08. The molecule has 0 amide bonds. The molecule has 2 aliphatic rings. The number of rotatable bonds is 7. The lowest BCUT2D eigenvalue weighted by Gasteiger charge is -2.17. The molecule has 110 valence electrons. The zero-order chi connectivity index (χ0) is 14.1. The predicted molar refractivity (Wildman–Crippen MR) is 88.0 cm³/mol. The van der Waals surface area contributed by atoms with Gasteiger partial charge in [0.25, 0.3) is 0 Å². The van der Waals surface area contributed by atoms with Crippen molar-refractivity contribution in [3.05, 3.63) is 15.1 Å². The Morgan fingerprint density at radius 3 is 2.60 bits per heavy atom. The minimum absolute atomic E-state index is 0.0756. The summed E-state index contributed by atoms with van der Waals surface area (Å²) in [5, 5.41) is 3.45. The molecule has 1 N–H and O–H groups in total. The van der Waals surface area contributed by atoms with Crippen LogP contribution in [-0.2, 0) is 4.74 Å². The fourth-order valence-corrected chi connectivity index (χ4v) is 3.38. The van der Waals surface area contributed by atoms with Gasteiger partial charge in [-0.2, -0.15) is 0 Å². The van der Waals surface area contributed by atoms with E-state index in [4.69, 9.17) is 14.7 Å². The third-order valence-corrected chi connectivity index (χ3v) is 5.02. The van der Waals surface area contributed by atoms with Gasteiger partial charge in [0, 0.05) is 19.6 Å². The summed E-state index contributed by atoms with van der Waals surface area (Å²) >= 11 is 2.39. The Morgan fingerprint density at radius 1 is 1.30 bits per heavy atom. The van der Waals surface area contributed by atoms with E-state index in [1.807, 2.05) is 0 Å². The monoisotopic (exact) mass is 387 g/mol. The number of anilines is 1. The number of aromatic nitrogens is 2. The second-order valence-corrected chi connectivity index (χ2v) is 6.90. The quantitative estimate of drug-likeness (QED) is 0.722. The Labute approximate surface area is 134 Å². The Morgan fingerprint density at radius 2 is 2.05 bits per heavy atom. The molecule has 1 aromatic heterocycles. The SMILES string of the molecule is CCCNc1nc(C(OC)C2CC2)nc(C2CC2)c1I. The number of nitrogens with one attached hydrogen (secondary N) is 1. The third-order valence-electron chi connectivity index (χ3n) is 3.96. The molecule has 0 spiro atoms. The molecule has 1 heterocycles. The molecule has 0 radical (unpaired) electrons. The van der Waals surface area contributed by atoms with Gasteiger partial charge < -0.3 is 10.1 Å². The van der Waals surface area contributed by atoms with Crippen LogP contribution >= 0.6 is 22.6 Å². The van der Waals surface area contributed by atoms with Crippen molar-refractivity contribution in [1.82, 2.24) is 9.97 Å². The fourth-order valence-electron chi connectivity index (χ4n) is 2.51. The molecule has 2 fully saturated rings. The molecule has 0 aliphatic heterocycles. The molecular weight excluding hydrogens is 365 g/mol. The molecule has 2 aliphatic carbocycles. The van der Waals surface area contributed by atoms with Gasteiger partial charge in [-0.1, -0.05) is 6.92 Å². The molecule has 0 saturated heterocycles. The zero-order valence-corrected chi connectivity index (χ0v) is 14.3. The van der Waals surface area contributed by atoms with E-state index >= 15 is 0 Å². The lowest BCUT2D eigenvalue weighted by molar-refractivity contribution is 0.0771. The molecule has 0 bridgehead atoms. The average Bonchev–Trinajstić information content (AvgIpc) is 3.31. The van der Waals surface area contributed by atoms with E-state index in [2.05, 4.69) is 34.8 Å². The summed E-state index contributed by atoms with van der Waals surface area (Å²) in [6.45, 7) is 3.13. The van der Waals surface area contributed by atoms with Crippen LogP contribution < -0.4 is 5.32 Å². The summed E-state index contributed by atoms with van der Waals surface area (Å²) in [6, 6.07) is 0. The molecule has 1 atom stereocenters. The lowest BCUT2D eigenvalue weighted by Crippen LogP contribution is -2.15. The topological polar surface area (TPSA) is 47.0 Å². The highest BCUT2D eigenvalue weighted by Gasteiger charge is 2.36. The second-order valence-electron chi connectivity index (χ2n) is 5.82. The predicted octanol–water partition coefficient (Wildman–Crippen LogP) is 3.88. The Kier molecular flexibility index (Phi) is 4.45. The van der Waals surface area contributed by atoms with Crippen LogP contribution in [0.25, 0.3) is 0 Å².